The standard InChI is InChI=1S/C13H17N3O3/c1-19-7-6-14-12(17)9-16-11-5-3-2-4-10(11)15-8-13(16)18/h2-5,15H,6-9H2,1H3,(H,14,17). The lowest BCUT2D eigenvalue weighted by Gasteiger charge is -2.29. The van der Waals surface area contributed by atoms with Gasteiger partial charge in [-0.3, -0.25) is 14.5 Å². The van der Waals surface area contributed by atoms with Crippen LogP contribution in [0, 0.1) is 0 Å². The third-order valence-corrected chi connectivity index (χ3v) is 2.86. The molecule has 0 spiro atoms. The molecule has 0 saturated carbocycles. The molecule has 1 aliphatic heterocycles. The lowest BCUT2D eigenvalue weighted by Crippen LogP contribution is -2.46. The number of rotatable bonds is 5. The van der Waals surface area contributed by atoms with Crippen molar-refractivity contribution in [2.24, 2.45) is 0 Å². The van der Waals surface area contributed by atoms with Gasteiger partial charge in [-0.15, -0.1) is 0 Å². The average molecular weight is 263 g/mol. The summed E-state index contributed by atoms with van der Waals surface area (Å²) >= 11 is 0. The molecule has 2 amide bonds. The molecule has 2 rings (SSSR count). The monoisotopic (exact) mass is 263 g/mol. The second kappa shape index (κ2) is 6.19. The lowest BCUT2D eigenvalue weighted by molar-refractivity contribution is -0.123. The summed E-state index contributed by atoms with van der Waals surface area (Å²) in [6, 6.07) is 7.44. The minimum atomic E-state index is -0.192. The van der Waals surface area contributed by atoms with E-state index in [1.165, 1.54) is 4.90 Å². The summed E-state index contributed by atoms with van der Waals surface area (Å²) in [5.41, 5.74) is 1.60. The first-order valence-corrected chi connectivity index (χ1v) is 6.11. The van der Waals surface area contributed by atoms with Gasteiger partial charge in [-0.1, -0.05) is 12.1 Å². The van der Waals surface area contributed by atoms with Gasteiger partial charge < -0.3 is 15.4 Å². The smallest absolute Gasteiger partial charge is 0.246 e. The van der Waals surface area contributed by atoms with Gasteiger partial charge in [0.05, 0.1) is 24.5 Å². The third-order valence-electron chi connectivity index (χ3n) is 2.86. The van der Waals surface area contributed by atoms with Crippen molar-refractivity contribution in [3.05, 3.63) is 24.3 Å². The lowest BCUT2D eigenvalue weighted by atomic mass is 10.2. The number of amides is 2. The van der Waals surface area contributed by atoms with Crippen molar-refractivity contribution in [3.8, 4) is 0 Å². The molecule has 1 aliphatic rings. The van der Waals surface area contributed by atoms with Crippen molar-refractivity contribution >= 4 is 23.2 Å². The Bertz CT molecular complexity index is 476. The number of anilines is 2. The van der Waals surface area contributed by atoms with Crippen molar-refractivity contribution < 1.29 is 14.3 Å². The van der Waals surface area contributed by atoms with E-state index in [-0.39, 0.29) is 24.9 Å². The topological polar surface area (TPSA) is 70.7 Å². The normalized spacial score (nSPS) is 13.7. The van der Waals surface area contributed by atoms with Crippen molar-refractivity contribution in [3.63, 3.8) is 0 Å². The maximum absolute atomic E-state index is 11.9. The highest BCUT2D eigenvalue weighted by Gasteiger charge is 2.25. The van der Waals surface area contributed by atoms with E-state index >= 15 is 0 Å². The van der Waals surface area contributed by atoms with Gasteiger partial charge >= 0.3 is 0 Å². The van der Waals surface area contributed by atoms with Gasteiger partial charge in [0.2, 0.25) is 11.8 Å². The molecule has 6 nitrogen and oxygen atoms in total. The molecule has 1 heterocycles. The minimum Gasteiger partial charge on any atom is -0.383 e. The highest BCUT2D eigenvalue weighted by atomic mass is 16.5. The largest absolute Gasteiger partial charge is 0.383 e. The SMILES string of the molecule is COCCNC(=O)CN1C(=O)CNc2ccccc21. The zero-order chi connectivity index (χ0) is 13.7. The van der Waals surface area contributed by atoms with Crippen molar-refractivity contribution in [2.75, 3.05) is 43.6 Å². The van der Waals surface area contributed by atoms with Gasteiger partial charge in [-0.05, 0) is 12.1 Å². The van der Waals surface area contributed by atoms with Crippen LogP contribution in [0.15, 0.2) is 24.3 Å². The summed E-state index contributed by atoms with van der Waals surface area (Å²) in [5, 5.41) is 5.73. The molecule has 0 aromatic heterocycles. The number of nitrogens with zero attached hydrogens (tertiary/aromatic N) is 1. The molecule has 1 aromatic carbocycles. The average Bonchev–Trinajstić information content (AvgIpc) is 2.42. The van der Waals surface area contributed by atoms with Crippen molar-refractivity contribution in [1.29, 1.82) is 0 Å². The number of hydrogen-bond acceptors (Lipinski definition) is 4. The molecule has 0 radical (unpaired) electrons. The number of carbonyl (C=O) groups is 2. The van der Waals surface area contributed by atoms with Crippen LogP contribution in [0.1, 0.15) is 0 Å². The second-order valence-corrected chi connectivity index (χ2v) is 4.19. The van der Waals surface area contributed by atoms with Crippen LogP contribution in [-0.4, -0.2) is 45.2 Å². The number of ether oxygens (including phenoxy) is 1. The van der Waals surface area contributed by atoms with Crippen LogP contribution in [0.5, 0.6) is 0 Å². The van der Waals surface area contributed by atoms with Crippen LogP contribution in [0.25, 0.3) is 0 Å². The Hall–Kier alpha value is -2.08. The molecule has 6 heteroatoms. The maximum atomic E-state index is 11.9. The molecule has 0 bridgehead atoms. The van der Waals surface area contributed by atoms with Crippen molar-refractivity contribution in [2.45, 2.75) is 0 Å². The van der Waals surface area contributed by atoms with Gasteiger partial charge in [0.15, 0.2) is 0 Å². The van der Waals surface area contributed by atoms with Crippen LogP contribution in [0.3, 0.4) is 0 Å². The molecule has 0 saturated heterocycles. The number of carbonyl (C=O) groups excluding carboxylic acids is 2. The third kappa shape index (κ3) is 3.23. The number of hydrogen-bond donors (Lipinski definition) is 2. The molecule has 1 aromatic rings. The summed E-state index contributed by atoms with van der Waals surface area (Å²) in [7, 11) is 1.57. The van der Waals surface area contributed by atoms with Crippen LogP contribution in [0.2, 0.25) is 0 Å². The summed E-state index contributed by atoms with van der Waals surface area (Å²) in [4.78, 5) is 25.1. The fourth-order valence-electron chi connectivity index (χ4n) is 1.92. The fraction of sp³-hybridized carbons (Fsp3) is 0.385. The molecule has 0 fully saturated rings. The maximum Gasteiger partial charge on any atom is 0.246 e. The summed E-state index contributed by atoms with van der Waals surface area (Å²) in [5.74, 6) is -0.303. The van der Waals surface area contributed by atoms with E-state index in [2.05, 4.69) is 10.6 Å². The minimum absolute atomic E-state index is 0.0290. The molecule has 102 valence electrons. The molecule has 0 atom stereocenters. The van der Waals surface area contributed by atoms with Crippen LogP contribution in [0.4, 0.5) is 11.4 Å². The highest BCUT2D eigenvalue weighted by molar-refractivity contribution is 6.05. The first-order valence-electron chi connectivity index (χ1n) is 6.11. The number of para-hydroxylation sites is 2. The summed E-state index contributed by atoms with van der Waals surface area (Å²) < 4.78 is 4.85. The Kier molecular flexibility index (Phi) is 4.35. The Morgan fingerprint density at radius 2 is 2.26 bits per heavy atom. The van der Waals surface area contributed by atoms with Gasteiger partial charge in [0.1, 0.15) is 6.54 Å². The summed E-state index contributed by atoms with van der Waals surface area (Å²) in [6.07, 6.45) is 0. The Morgan fingerprint density at radius 3 is 3.05 bits per heavy atom. The quantitative estimate of drug-likeness (QED) is 0.745. The van der Waals surface area contributed by atoms with Crippen LogP contribution in [-0.2, 0) is 14.3 Å². The Labute approximate surface area is 111 Å². The van der Waals surface area contributed by atoms with E-state index < -0.39 is 0 Å². The Morgan fingerprint density at radius 1 is 1.47 bits per heavy atom. The van der Waals surface area contributed by atoms with Gasteiger partial charge in [0, 0.05) is 13.7 Å². The van der Waals surface area contributed by atoms with E-state index in [0.29, 0.717) is 13.2 Å². The van der Waals surface area contributed by atoms with E-state index in [1.54, 1.807) is 7.11 Å². The molecular weight excluding hydrogens is 246 g/mol. The number of benzene rings is 1. The molecule has 0 unspecified atom stereocenters. The number of fused-ring (bicyclic) bond motifs is 1. The molecule has 0 aliphatic carbocycles. The van der Waals surface area contributed by atoms with E-state index in [4.69, 9.17) is 4.74 Å². The molecule has 2 N–H and O–H groups in total. The molecule has 19 heavy (non-hydrogen) atoms. The highest BCUT2D eigenvalue weighted by Crippen LogP contribution is 2.28. The summed E-state index contributed by atoms with van der Waals surface area (Å²) in [6.45, 7) is 1.14. The second-order valence-electron chi connectivity index (χ2n) is 4.19. The molecular formula is C13H17N3O3. The fourth-order valence-corrected chi connectivity index (χ4v) is 1.92. The van der Waals surface area contributed by atoms with E-state index in [9.17, 15) is 9.59 Å². The zero-order valence-electron chi connectivity index (χ0n) is 10.8. The number of methoxy groups -OCH3 is 1. The van der Waals surface area contributed by atoms with Gasteiger partial charge in [0.25, 0.3) is 0 Å². The predicted molar refractivity (Wildman–Crippen MR) is 72.2 cm³/mol. The van der Waals surface area contributed by atoms with Gasteiger partial charge in [-0.25, -0.2) is 0 Å². The van der Waals surface area contributed by atoms with E-state index in [1.807, 2.05) is 24.3 Å². The first-order chi connectivity index (χ1) is 9.22. The first kappa shape index (κ1) is 13.4. The van der Waals surface area contributed by atoms with Crippen molar-refractivity contribution in [1.82, 2.24) is 5.32 Å². The van der Waals surface area contributed by atoms with Crippen LogP contribution < -0.4 is 15.5 Å². The number of nitrogens with one attached hydrogen (secondary N) is 2. The van der Waals surface area contributed by atoms with Crippen LogP contribution >= 0.6 is 0 Å². The van der Waals surface area contributed by atoms with Gasteiger partial charge in [-0.2, -0.15) is 0 Å². The zero-order valence-corrected chi connectivity index (χ0v) is 10.8. The Balaban J connectivity index is 2.03. The van der Waals surface area contributed by atoms with E-state index in [0.717, 1.165) is 11.4 Å². The predicted octanol–water partition coefficient (Wildman–Crippen LogP) is 0.208.